The van der Waals surface area contributed by atoms with Gasteiger partial charge in [-0.3, -0.25) is 8.37 Å². The molecule has 1 aliphatic rings. The molecule has 1 rings (SSSR count). The molecule has 0 bridgehead atoms. The quantitative estimate of drug-likeness (QED) is 0.523. The molecule has 1 unspecified atom stereocenters. The Hall–Kier alpha value is -0.300. The fourth-order valence-corrected chi connectivity index (χ4v) is 2.39. The third-order valence-corrected chi connectivity index (χ3v) is 3.18. The molecule has 9 nitrogen and oxygen atoms in total. The summed E-state index contributed by atoms with van der Waals surface area (Å²) < 4.78 is 57.2. The second-order valence-corrected chi connectivity index (χ2v) is 7.05. The maximum absolute atomic E-state index is 11.0. The second kappa shape index (κ2) is 5.36. The number of hydrogen-bond acceptors (Lipinski definition) is 9. The molecule has 4 atom stereocenters. The topological polar surface area (TPSA) is 136 Å². The van der Waals surface area contributed by atoms with Crippen LogP contribution in [0, 0.1) is 0 Å². The number of aliphatic hydroxyl groups is 2. The molecular weight excluding hydrogens is 292 g/mol. The van der Waals surface area contributed by atoms with Crippen LogP contribution >= 0.6 is 0 Å². The minimum atomic E-state index is -3.91. The van der Waals surface area contributed by atoms with Crippen LogP contribution in [0.25, 0.3) is 0 Å². The van der Waals surface area contributed by atoms with Crippen molar-refractivity contribution in [2.24, 2.45) is 0 Å². The molecule has 1 aliphatic heterocycles. The van der Waals surface area contributed by atoms with Crippen molar-refractivity contribution in [2.45, 2.75) is 24.6 Å². The molecule has 1 saturated heterocycles. The van der Waals surface area contributed by atoms with Crippen molar-refractivity contribution in [3.05, 3.63) is 0 Å². The maximum Gasteiger partial charge on any atom is 0.264 e. The molecule has 0 amide bonds. The van der Waals surface area contributed by atoms with Crippen LogP contribution in [-0.4, -0.2) is 70.8 Å². The Labute approximate surface area is 105 Å². The van der Waals surface area contributed by atoms with E-state index < -0.39 is 51.4 Å². The van der Waals surface area contributed by atoms with Crippen molar-refractivity contribution >= 4 is 20.2 Å². The average Bonchev–Trinajstić information content (AvgIpc) is 2.39. The number of aliphatic hydroxyl groups excluding tert-OH is 2. The summed E-state index contributed by atoms with van der Waals surface area (Å²) in [6, 6.07) is 0. The standard InChI is InChI=1S/C7H14O9S2/c1-17(10,11)14-3-4-6(16-18(2,12)13)5(8)7(9)15-4/h4-9H,3H2,1-2H3/t4-,5+,6-,7?/m1/s1. The summed E-state index contributed by atoms with van der Waals surface area (Å²) in [6.07, 6.45) is -4.41. The molecule has 0 radical (unpaired) electrons. The van der Waals surface area contributed by atoms with Gasteiger partial charge in [-0.25, -0.2) is 0 Å². The molecule has 0 aliphatic carbocycles. The Morgan fingerprint density at radius 2 is 1.67 bits per heavy atom. The number of rotatable bonds is 5. The Balaban J connectivity index is 2.76. The Morgan fingerprint density at radius 3 is 2.11 bits per heavy atom. The molecule has 11 heteroatoms. The van der Waals surface area contributed by atoms with E-state index in [0.29, 0.717) is 0 Å². The molecule has 18 heavy (non-hydrogen) atoms. The zero-order valence-corrected chi connectivity index (χ0v) is 11.2. The molecule has 2 N–H and O–H groups in total. The first-order valence-electron chi connectivity index (χ1n) is 4.74. The minimum Gasteiger partial charge on any atom is -0.385 e. The summed E-state index contributed by atoms with van der Waals surface area (Å²) in [6.45, 7) is -0.576. The average molecular weight is 306 g/mol. The second-order valence-electron chi connectivity index (χ2n) is 3.81. The maximum atomic E-state index is 11.0. The first kappa shape index (κ1) is 15.8. The zero-order valence-electron chi connectivity index (χ0n) is 9.59. The monoisotopic (exact) mass is 306 g/mol. The van der Waals surface area contributed by atoms with Crippen molar-refractivity contribution in [2.75, 3.05) is 19.1 Å². The van der Waals surface area contributed by atoms with Gasteiger partial charge in [0.25, 0.3) is 20.2 Å². The van der Waals surface area contributed by atoms with Crippen LogP contribution in [0.2, 0.25) is 0 Å². The van der Waals surface area contributed by atoms with E-state index in [2.05, 4.69) is 8.37 Å². The smallest absolute Gasteiger partial charge is 0.264 e. The zero-order chi connectivity index (χ0) is 14.1. The molecule has 0 spiro atoms. The number of hydrogen-bond donors (Lipinski definition) is 2. The first-order valence-corrected chi connectivity index (χ1v) is 8.37. The lowest BCUT2D eigenvalue weighted by Gasteiger charge is -2.18. The third-order valence-electron chi connectivity index (χ3n) is 2.04. The summed E-state index contributed by atoms with van der Waals surface area (Å²) in [7, 11) is -7.67. The van der Waals surface area contributed by atoms with Crippen LogP contribution in [0.5, 0.6) is 0 Å². The van der Waals surface area contributed by atoms with Crippen molar-refractivity contribution in [3.8, 4) is 0 Å². The van der Waals surface area contributed by atoms with Gasteiger partial charge < -0.3 is 14.9 Å². The van der Waals surface area contributed by atoms with Crippen LogP contribution in [0.15, 0.2) is 0 Å². The van der Waals surface area contributed by atoms with Gasteiger partial charge in [-0.1, -0.05) is 0 Å². The molecule has 0 aromatic carbocycles. The van der Waals surface area contributed by atoms with E-state index in [4.69, 9.17) is 4.74 Å². The van der Waals surface area contributed by atoms with Crippen molar-refractivity contribution in [1.29, 1.82) is 0 Å². The highest BCUT2D eigenvalue weighted by molar-refractivity contribution is 7.86. The molecule has 108 valence electrons. The predicted molar refractivity (Wildman–Crippen MR) is 57.4 cm³/mol. The molecule has 0 aromatic rings. The van der Waals surface area contributed by atoms with Gasteiger partial charge in [0.05, 0.1) is 19.1 Å². The lowest BCUT2D eigenvalue weighted by Crippen LogP contribution is -2.38. The van der Waals surface area contributed by atoms with Gasteiger partial charge in [0.15, 0.2) is 6.29 Å². The lowest BCUT2D eigenvalue weighted by molar-refractivity contribution is -0.131. The fraction of sp³-hybridized carbons (Fsp3) is 1.00. The van der Waals surface area contributed by atoms with Crippen molar-refractivity contribution < 1.29 is 40.2 Å². The van der Waals surface area contributed by atoms with Gasteiger partial charge in [0.2, 0.25) is 0 Å². The van der Waals surface area contributed by atoms with Gasteiger partial charge in [-0.15, -0.1) is 0 Å². The summed E-state index contributed by atoms with van der Waals surface area (Å²) >= 11 is 0. The molecular formula is C7H14O9S2. The Morgan fingerprint density at radius 1 is 1.11 bits per heavy atom. The number of ether oxygens (including phenoxy) is 1. The highest BCUT2D eigenvalue weighted by Gasteiger charge is 2.46. The molecule has 0 aromatic heterocycles. The summed E-state index contributed by atoms with van der Waals surface area (Å²) in [5, 5.41) is 18.7. The van der Waals surface area contributed by atoms with Crippen LogP contribution in [0.4, 0.5) is 0 Å². The van der Waals surface area contributed by atoms with Gasteiger partial charge in [-0.2, -0.15) is 16.8 Å². The van der Waals surface area contributed by atoms with E-state index in [0.717, 1.165) is 12.5 Å². The van der Waals surface area contributed by atoms with Crippen LogP contribution in [-0.2, 0) is 33.3 Å². The van der Waals surface area contributed by atoms with Gasteiger partial charge >= 0.3 is 0 Å². The predicted octanol–water partition coefficient (Wildman–Crippen LogP) is -2.61. The third kappa shape index (κ3) is 4.76. The van der Waals surface area contributed by atoms with E-state index in [1.165, 1.54) is 0 Å². The van der Waals surface area contributed by atoms with Gasteiger partial charge in [0, 0.05) is 0 Å². The van der Waals surface area contributed by atoms with E-state index >= 15 is 0 Å². The van der Waals surface area contributed by atoms with Crippen LogP contribution < -0.4 is 0 Å². The van der Waals surface area contributed by atoms with Crippen molar-refractivity contribution in [3.63, 3.8) is 0 Å². The normalized spacial score (nSPS) is 33.8. The fourth-order valence-electron chi connectivity index (χ4n) is 1.36. The van der Waals surface area contributed by atoms with Gasteiger partial charge in [-0.05, 0) is 0 Å². The van der Waals surface area contributed by atoms with Crippen LogP contribution in [0.1, 0.15) is 0 Å². The molecule has 1 fully saturated rings. The summed E-state index contributed by atoms with van der Waals surface area (Å²) in [4.78, 5) is 0. The highest BCUT2D eigenvalue weighted by atomic mass is 32.2. The van der Waals surface area contributed by atoms with Crippen LogP contribution in [0.3, 0.4) is 0 Å². The molecule has 1 heterocycles. The van der Waals surface area contributed by atoms with Gasteiger partial charge in [0.1, 0.15) is 18.3 Å². The Kier molecular flexibility index (Phi) is 4.70. The Bertz CT molecular complexity index is 481. The highest BCUT2D eigenvalue weighted by Crippen LogP contribution is 2.24. The van der Waals surface area contributed by atoms with E-state index in [9.17, 15) is 27.0 Å². The summed E-state index contributed by atoms with van der Waals surface area (Å²) in [5.41, 5.74) is 0. The van der Waals surface area contributed by atoms with E-state index in [1.807, 2.05) is 0 Å². The largest absolute Gasteiger partial charge is 0.385 e. The van der Waals surface area contributed by atoms with E-state index in [1.54, 1.807) is 0 Å². The molecule has 0 saturated carbocycles. The van der Waals surface area contributed by atoms with E-state index in [-0.39, 0.29) is 0 Å². The first-order chi connectivity index (χ1) is 7.99. The van der Waals surface area contributed by atoms with Crippen molar-refractivity contribution in [1.82, 2.24) is 0 Å². The summed E-state index contributed by atoms with van der Waals surface area (Å²) in [5.74, 6) is 0. The lowest BCUT2D eigenvalue weighted by atomic mass is 10.1. The SMILES string of the molecule is CS(=O)(=O)OC[C@H]1OC(O)[C@@H](O)[C@@H]1OS(C)(=O)=O. The minimum absolute atomic E-state index is 0.576.